The molecule has 1 aromatic carbocycles. The average molecular weight is 282 g/mol. The zero-order valence-corrected chi connectivity index (χ0v) is 13.6. The zero-order valence-electron chi connectivity index (χ0n) is 10.5. The summed E-state index contributed by atoms with van der Waals surface area (Å²) < 4.78 is 37.7. The van der Waals surface area contributed by atoms with Crippen LogP contribution in [-0.4, -0.2) is 31.0 Å². The molecule has 2 rings (SSSR count). The SMILES string of the molecule is N[C@H]1CCN(Cc2cccc([B-](F)(F)F)c2)C1.[K+]. The van der Waals surface area contributed by atoms with Gasteiger partial charge in [-0.1, -0.05) is 24.3 Å². The predicted molar refractivity (Wildman–Crippen MR) is 63.0 cm³/mol. The Morgan fingerprint density at radius 2 is 2.06 bits per heavy atom. The van der Waals surface area contributed by atoms with Crippen molar-refractivity contribution in [1.82, 2.24) is 4.90 Å². The molecule has 1 heterocycles. The van der Waals surface area contributed by atoms with Crippen molar-refractivity contribution in [3.05, 3.63) is 29.8 Å². The molecule has 0 bridgehead atoms. The molecule has 0 radical (unpaired) electrons. The second kappa shape index (κ2) is 6.88. The molecule has 94 valence electrons. The molecule has 0 saturated carbocycles. The van der Waals surface area contributed by atoms with Gasteiger partial charge in [0.1, 0.15) is 0 Å². The molecule has 0 amide bonds. The number of hydrogen-bond acceptors (Lipinski definition) is 2. The molecule has 2 N–H and O–H groups in total. The number of likely N-dealkylation sites (tertiary alicyclic amines) is 1. The van der Waals surface area contributed by atoms with Crippen molar-refractivity contribution < 1.29 is 64.3 Å². The fourth-order valence-electron chi connectivity index (χ4n) is 2.16. The third kappa shape index (κ3) is 4.63. The van der Waals surface area contributed by atoms with Crippen molar-refractivity contribution in [2.24, 2.45) is 5.73 Å². The van der Waals surface area contributed by atoms with Crippen LogP contribution in [0.3, 0.4) is 0 Å². The molecular weight excluding hydrogens is 267 g/mol. The number of benzene rings is 1. The fraction of sp³-hybridized carbons (Fsp3) is 0.455. The number of rotatable bonds is 3. The molecule has 1 aromatic rings. The van der Waals surface area contributed by atoms with Crippen LogP contribution in [0.15, 0.2) is 24.3 Å². The van der Waals surface area contributed by atoms with Gasteiger partial charge in [-0.3, -0.25) is 4.90 Å². The first-order chi connectivity index (χ1) is 7.95. The van der Waals surface area contributed by atoms with E-state index in [0.29, 0.717) is 12.1 Å². The van der Waals surface area contributed by atoms with Gasteiger partial charge in [0.25, 0.3) is 0 Å². The van der Waals surface area contributed by atoms with Gasteiger partial charge in [0.15, 0.2) is 0 Å². The summed E-state index contributed by atoms with van der Waals surface area (Å²) in [6.07, 6.45) is 0.920. The summed E-state index contributed by atoms with van der Waals surface area (Å²) in [5, 5.41) is 0. The summed E-state index contributed by atoms with van der Waals surface area (Å²) in [7, 11) is 0. The standard InChI is InChI=1S/C11H15BF3N2.K/c13-12(14,15)10-3-1-2-9(6-10)7-17-5-4-11(16)8-17;/h1-3,6,11H,4-5,7-8,16H2;/q-1;+1/t11-;/m0./s1. The Balaban J connectivity index is 0.00000162. The van der Waals surface area contributed by atoms with Gasteiger partial charge in [0.2, 0.25) is 0 Å². The van der Waals surface area contributed by atoms with Gasteiger partial charge in [-0.05, 0) is 12.0 Å². The monoisotopic (exact) mass is 282 g/mol. The molecular formula is C11H15BF3KN2. The van der Waals surface area contributed by atoms with Crippen LogP contribution in [0.1, 0.15) is 12.0 Å². The van der Waals surface area contributed by atoms with Crippen molar-refractivity contribution in [3.8, 4) is 0 Å². The van der Waals surface area contributed by atoms with Gasteiger partial charge in [0, 0.05) is 25.7 Å². The molecule has 1 atom stereocenters. The van der Waals surface area contributed by atoms with Crippen LogP contribution < -0.4 is 62.6 Å². The third-order valence-corrected chi connectivity index (χ3v) is 3.04. The minimum absolute atomic E-state index is 0. The number of hydrogen-bond donors (Lipinski definition) is 1. The summed E-state index contributed by atoms with van der Waals surface area (Å²) in [5.74, 6) is 0. The molecule has 7 heteroatoms. The van der Waals surface area contributed by atoms with E-state index in [0.717, 1.165) is 25.6 Å². The molecule has 1 aliphatic rings. The topological polar surface area (TPSA) is 29.3 Å². The van der Waals surface area contributed by atoms with Crippen LogP contribution in [0.4, 0.5) is 12.9 Å². The maximum atomic E-state index is 12.6. The third-order valence-electron chi connectivity index (χ3n) is 3.04. The van der Waals surface area contributed by atoms with Crippen LogP contribution in [0.5, 0.6) is 0 Å². The van der Waals surface area contributed by atoms with Gasteiger partial charge in [-0.15, -0.1) is 5.46 Å². The van der Waals surface area contributed by atoms with E-state index in [-0.39, 0.29) is 57.4 Å². The van der Waals surface area contributed by atoms with Crippen molar-refractivity contribution >= 4 is 12.4 Å². The summed E-state index contributed by atoms with van der Waals surface area (Å²) >= 11 is 0. The zero-order chi connectivity index (χ0) is 12.5. The minimum atomic E-state index is -4.90. The van der Waals surface area contributed by atoms with E-state index in [9.17, 15) is 12.9 Å². The molecule has 18 heavy (non-hydrogen) atoms. The van der Waals surface area contributed by atoms with Crippen LogP contribution in [0.2, 0.25) is 0 Å². The Bertz CT molecular complexity index is 400. The molecule has 1 saturated heterocycles. The molecule has 0 aliphatic carbocycles. The number of halogens is 3. The second-order valence-electron chi connectivity index (χ2n) is 4.60. The van der Waals surface area contributed by atoms with Crippen LogP contribution in [-0.2, 0) is 6.54 Å². The quantitative estimate of drug-likeness (QED) is 0.668. The Labute approximate surface area is 148 Å². The van der Waals surface area contributed by atoms with E-state index in [4.69, 9.17) is 5.73 Å². The van der Waals surface area contributed by atoms with Crippen molar-refractivity contribution in [3.63, 3.8) is 0 Å². The number of nitrogens with two attached hydrogens (primary N) is 1. The van der Waals surface area contributed by atoms with E-state index in [2.05, 4.69) is 4.90 Å². The number of nitrogens with zero attached hydrogens (tertiary/aromatic N) is 1. The molecule has 0 unspecified atom stereocenters. The van der Waals surface area contributed by atoms with E-state index in [1.165, 1.54) is 12.1 Å². The van der Waals surface area contributed by atoms with Gasteiger partial charge >= 0.3 is 58.4 Å². The molecule has 0 aromatic heterocycles. The summed E-state index contributed by atoms with van der Waals surface area (Å²) in [5.41, 5.74) is 5.94. The van der Waals surface area contributed by atoms with Gasteiger partial charge < -0.3 is 18.7 Å². The van der Waals surface area contributed by atoms with Crippen LogP contribution in [0, 0.1) is 0 Å². The Morgan fingerprint density at radius 1 is 1.33 bits per heavy atom. The largest absolute Gasteiger partial charge is 1.00 e. The van der Waals surface area contributed by atoms with Crippen LogP contribution in [0.25, 0.3) is 0 Å². The molecule has 1 fully saturated rings. The van der Waals surface area contributed by atoms with Crippen molar-refractivity contribution in [2.75, 3.05) is 13.1 Å². The Morgan fingerprint density at radius 3 is 2.61 bits per heavy atom. The molecule has 1 aliphatic heterocycles. The fourth-order valence-corrected chi connectivity index (χ4v) is 2.16. The molecule has 0 spiro atoms. The Kier molecular flexibility index (Phi) is 6.37. The first kappa shape index (κ1) is 16.7. The van der Waals surface area contributed by atoms with Crippen molar-refractivity contribution in [1.29, 1.82) is 0 Å². The van der Waals surface area contributed by atoms with Crippen molar-refractivity contribution in [2.45, 2.75) is 19.0 Å². The van der Waals surface area contributed by atoms with E-state index in [1.807, 2.05) is 0 Å². The maximum Gasteiger partial charge on any atom is 1.00 e. The minimum Gasteiger partial charge on any atom is -0.445 e. The maximum absolute atomic E-state index is 12.6. The molecule has 2 nitrogen and oxygen atoms in total. The second-order valence-corrected chi connectivity index (χ2v) is 4.60. The summed E-state index contributed by atoms with van der Waals surface area (Å²) in [6.45, 7) is -2.72. The van der Waals surface area contributed by atoms with Gasteiger partial charge in [-0.2, -0.15) is 0 Å². The van der Waals surface area contributed by atoms with Crippen LogP contribution >= 0.6 is 0 Å². The average Bonchev–Trinajstić information content (AvgIpc) is 2.63. The van der Waals surface area contributed by atoms with E-state index < -0.39 is 12.4 Å². The van der Waals surface area contributed by atoms with E-state index >= 15 is 0 Å². The first-order valence-electron chi connectivity index (χ1n) is 5.72. The van der Waals surface area contributed by atoms with Gasteiger partial charge in [0.05, 0.1) is 0 Å². The van der Waals surface area contributed by atoms with E-state index in [1.54, 1.807) is 6.07 Å². The van der Waals surface area contributed by atoms with Gasteiger partial charge in [-0.25, -0.2) is 0 Å². The summed E-state index contributed by atoms with van der Waals surface area (Å²) in [4.78, 5) is 2.09. The summed E-state index contributed by atoms with van der Waals surface area (Å²) in [6, 6.07) is 5.72. The smallest absolute Gasteiger partial charge is 0.445 e. The Hall–Kier alpha value is 0.631. The first-order valence-corrected chi connectivity index (χ1v) is 5.72. The normalized spacial score (nSPS) is 20.8. The predicted octanol–water partition coefficient (Wildman–Crippen LogP) is -1.72.